The minimum absolute atomic E-state index is 0.0627. The smallest absolute Gasteiger partial charge is 0.322 e. The number of nitrogens with one attached hydrogen (secondary N) is 1. The molecule has 1 N–H and O–H groups in total. The maximum Gasteiger partial charge on any atom is 0.322 e. The highest BCUT2D eigenvalue weighted by Crippen LogP contribution is 2.34. The van der Waals surface area contributed by atoms with Gasteiger partial charge in [0.2, 0.25) is 0 Å². The van der Waals surface area contributed by atoms with Gasteiger partial charge in [0.25, 0.3) is 0 Å². The number of anilines is 1. The van der Waals surface area contributed by atoms with Gasteiger partial charge in [-0.3, -0.25) is 0 Å². The maximum absolute atomic E-state index is 14.0. The average molecular weight is 391 g/mol. The number of aromatic nitrogens is 1. The molecule has 0 spiro atoms. The largest absolute Gasteiger partial charge is 0.348 e. The average Bonchev–Trinajstić information content (AvgIpc) is 3.17. The van der Waals surface area contributed by atoms with Gasteiger partial charge in [-0.25, -0.2) is 9.18 Å². The van der Waals surface area contributed by atoms with Crippen LogP contribution in [-0.2, 0) is 12.0 Å². The molecule has 4 nitrogen and oxygen atoms in total. The molecule has 2 aromatic carbocycles. The minimum atomic E-state index is -0.438. The van der Waals surface area contributed by atoms with E-state index in [2.05, 4.69) is 54.9 Å². The highest BCUT2D eigenvalue weighted by Gasteiger charge is 2.32. The van der Waals surface area contributed by atoms with Gasteiger partial charge < -0.3 is 14.8 Å². The van der Waals surface area contributed by atoms with Crippen molar-refractivity contribution in [1.29, 1.82) is 0 Å². The Labute approximate surface area is 171 Å². The van der Waals surface area contributed by atoms with Crippen molar-refractivity contribution in [3.63, 3.8) is 0 Å². The molecule has 0 fully saturated rings. The molecule has 2 heterocycles. The number of amides is 2. The Balaban J connectivity index is 1.68. The summed E-state index contributed by atoms with van der Waals surface area (Å²) in [4.78, 5) is 14.9. The Morgan fingerprint density at radius 1 is 1.00 bits per heavy atom. The van der Waals surface area contributed by atoms with Crippen LogP contribution in [0.2, 0.25) is 0 Å². The third kappa shape index (κ3) is 3.77. The molecule has 0 bridgehead atoms. The van der Waals surface area contributed by atoms with Gasteiger partial charge in [0.1, 0.15) is 5.82 Å². The normalized spacial score (nSPS) is 16.4. The molecule has 0 unspecified atom stereocenters. The third-order valence-corrected chi connectivity index (χ3v) is 5.51. The van der Waals surface area contributed by atoms with Gasteiger partial charge >= 0.3 is 6.03 Å². The van der Waals surface area contributed by atoms with Crippen molar-refractivity contribution in [3.8, 4) is 0 Å². The summed E-state index contributed by atoms with van der Waals surface area (Å²) in [6, 6.07) is 18.2. The summed E-state index contributed by atoms with van der Waals surface area (Å²) < 4.78 is 16.2. The highest BCUT2D eigenvalue weighted by molar-refractivity contribution is 5.90. The summed E-state index contributed by atoms with van der Waals surface area (Å²) >= 11 is 0. The SMILES string of the molecule is CC(C)(C)c1ccc([C@@H]2c3cccn3CCN2C(=O)Nc2ccccc2F)cc1. The van der Waals surface area contributed by atoms with Crippen LogP contribution in [0.1, 0.15) is 43.6 Å². The maximum atomic E-state index is 14.0. The second-order valence-electron chi connectivity index (χ2n) is 8.50. The molecular weight excluding hydrogens is 365 g/mol. The number of hydrogen-bond acceptors (Lipinski definition) is 1. The molecule has 0 saturated carbocycles. The summed E-state index contributed by atoms with van der Waals surface area (Å²) in [5, 5.41) is 2.74. The molecular formula is C24H26FN3O. The number of fused-ring (bicyclic) bond motifs is 1. The Kier molecular flexibility index (Phi) is 4.91. The lowest BCUT2D eigenvalue weighted by Gasteiger charge is -2.37. The van der Waals surface area contributed by atoms with Crippen molar-refractivity contribution >= 4 is 11.7 Å². The van der Waals surface area contributed by atoms with Crippen LogP contribution >= 0.6 is 0 Å². The summed E-state index contributed by atoms with van der Waals surface area (Å²) in [7, 11) is 0. The van der Waals surface area contributed by atoms with E-state index in [1.807, 2.05) is 18.3 Å². The van der Waals surface area contributed by atoms with Crippen LogP contribution in [0.25, 0.3) is 0 Å². The molecule has 0 aliphatic carbocycles. The molecule has 1 aromatic heterocycles. The molecule has 0 radical (unpaired) electrons. The standard InChI is InChI=1S/C24H26FN3O/c1-24(2,3)18-12-10-17(11-13-18)22-21-9-6-14-27(21)15-16-28(22)23(29)26-20-8-5-4-7-19(20)25/h4-14,22H,15-16H2,1-3H3,(H,26,29)/t22-/m1/s1. The van der Waals surface area contributed by atoms with E-state index in [-0.39, 0.29) is 23.2 Å². The van der Waals surface area contributed by atoms with Crippen LogP contribution in [0.5, 0.6) is 0 Å². The molecule has 1 aliphatic rings. The van der Waals surface area contributed by atoms with E-state index < -0.39 is 5.82 Å². The first-order valence-electron chi connectivity index (χ1n) is 9.92. The fourth-order valence-electron chi connectivity index (χ4n) is 3.87. The molecule has 29 heavy (non-hydrogen) atoms. The van der Waals surface area contributed by atoms with Gasteiger partial charge in [0.15, 0.2) is 0 Å². The van der Waals surface area contributed by atoms with Crippen molar-refractivity contribution in [2.45, 2.75) is 38.8 Å². The summed E-state index contributed by atoms with van der Waals surface area (Å²) in [5.74, 6) is -0.438. The number of urea groups is 1. The first-order valence-corrected chi connectivity index (χ1v) is 9.92. The lowest BCUT2D eigenvalue weighted by atomic mass is 9.86. The van der Waals surface area contributed by atoms with Crippen LogP contribution in [0.3, 0.4) is 0 Å². The van der Waals surface area contributed by atoms with Gasteiger partial charge in [-0.05, 0) is 40.8 Å². The second kappa shape index (κ2) is 7.39. The Hall–Kier alpha value is -3.08. The Morgan fingerprint density at radius 2 is 1.72 bits per heavy atom. The van der Waals surface area contributed by atoms with Gasteiger partial charge in [0.05, 0.1) is 11.7 Å². The topological polar surface area (TPSA) is 37.3 Å². The lowest BCUT2D eigenvalue weighted by Crippen LogP contribution is -2.44. The predicted octanol–water partition coefficient (Wildman–Crippen LogP) is 5.56. The zero-order valence-electron chi connectivity index (χ0n) is 17.0. The van der Waals surface area contributed by atoms with E-state index in [1.54, 1.807) is 23.1 Å². The lowest BCUT2D eigenvalue weighted by molar-refractivity contribution is 0.181. The monoisotopic (exact) mass is 391 g/mol. The van der Waals surface area contributed by atoms with Crippen LogP contribution in [0, 0.1) is 5.82 Å². The molecule has 3 aromatic rings. The molecule has 2 amide bonds. The summed E-state index contributed by atoms with van der Waals surface area (Å²) in [6.45, 7) is 7.81. The van der Waals surface area contributed by atoms with Crippen LogP contribution in [0.15, 0.2) is 66.9 Å². The van der Waals surface area contributed by atoms with E-state index >= 15 is 0 Å². The molecule has 4 rings (SSSR count). The predicted molar refractivity (Wildman–Crippen MR) is 114 cm³/mol. The number of benzene rings is 2. The second-order valence-corrected chi connectivity index (χ2v) is 8.50. The van der Waals surface area contributed by atoms with Crippen LogP contribution < -0.4 is 5.32 Å². The van der Waals surface area contributed by atoms with Crippen molar-refractivity contribution in [2.24, 2.45) is 0 Å². The van der Waals surface area contributed by atoms with Crippen molar-refractivity contribution in [1.82, 2.24) is 9.47 Å². The fourth-order valence-corrected chi connectivity index (χ4v) is 3.87. The number of halogens is 1. The number of carbonyl (C=O) groups excluding carboxylic acids is 1. The zero-order valence-corrected chi connectivity index (χ0v) is 17.0. The van der Waals surface area contributed by atoms with Crippen molar-refractivity contribution in [2.75, 3.05) is 11.9 Å². The fraction of sp³-hybridized carbons (Fsp3) is 0.292. The van der Waals surface area contributed by atoms with E-state index in [0.29, 0.717) is 13.1 Å². The number of nitrogens with zero attached hydrogens (tertiary/aromatic N) is 2. The zero-order chi connectivity index (χ0) is 20.6. The first-order chi connectivity index (χ1) is 13.8. The van der Waals surface area contributed by atoms with Gasteiger partial charge in [-0.1, -0.05) is 57.2 Å². The summed E-state index contributed by atoms with van der Waals surface area (Å²) in [5.41, 5.74) is 3.60. The van der Waals surface area contributed by atoms with Crippen LogP contribution in [0.4, 0.5) is 14.9 Å². The van der Waals surface area contributed by atoms with E-state index in [1.165, 1.54) is 11.6 Å². The molecule has 150 valence electrons. The van der Waals surface area contributed by atoms with Gasteiger partial charge in [0, 0.05) is 25.0 Å². The highest BCUT2D eigenvalue weighted by atomic mass is 19.1. The van der Waals surface area contributed by atoms with E-state index in [0.717, 1.165) is 11.3 Å². The van der Waals surface area contributed by atoms with E-state index in [9.17, 15) is 9.18 Å². The number of carbonyl (C=O) groups is 1. The van der Waals surface area contributed by atoms with Crippen LogP contribution in [-0.4, -0.2) is 22.0 Å². The Morgan fingerprint density at radius 3 is 2.41 bits per heavy atom. The number of rotatable bonds is 2. The van der Waals surface area contributed by atoms with Crippen molar-refractivity contribution in [3.05, 3.63) is 89.5 Å². The summed E-state index contributed by atoms with van der Waals surface area (Å²) in [6.07, 6.45) is 2.04. The molecule has 1 aliphatic heterocycles. The van der Waals surface area contributed by atoms with Crippen molar-refractivity contribution < 1.29 is 9.18 Å². The number of hydrogen-bond donors (Lipinski definition) is 1. The van der Waals surface area contributed by atoms with Gasteiger partial charge in [-0.2, -0.15) is 0 Å². The number of para-hydroxylation sites is 1. The minimum Gasteiger partial charge on any atom is -0.348 e. The quantitative estimate of drug-likeness (QED) is 0.610. The first kappa shape index (κ1) is 19.2. The molecule has 0 saturated heterocycles. The van der Waals surface area contributed by atoms with E-state index in [4.69, 9.17) is 0 Å². The molecule has 1 atom stereocenters. The third-order valence-electron chi connectivity index (χ3n) is 5.51. The van der Waals surface area contributed by atoms with Gasteiger partial charge in [-0.15, -0.1) is 0 Å². The molecule has 5 heteroatoms. The Bertz CT molecular complexity index is 1020.